The van der Waals surface area contributed by atoms with Crippen LogP contribution < -0.4 is 0 Å². The summed E-state index contributed by atoms with van der Waals surface area (Å²) < 4.78 is 11.1. The molecular formula is C22H32O4. The number of allylic oxidation sites excluding steroid dienone is 1. The van der Waals surface area contributed by atoms with Gasteiger partial charge in [0.15, 0.2) is 0 Å². The van der Waals surface area contributed by atoms with Crippen molar-refractivity contribution in [2.24, 2.45) is 17.8 Å². The van der Waals surface area contributed by atoms with Crippen molar-refractivity contribution in [2.75, 3.05) is 0 Å². The molecule has 0 heterocycles. The van der Waals surface area contributed by atoms with E-state index in [0.29, 0.717) is 12.8 Å². The van der Waals surface area contributed by atoms with Crippen LogP contribution in [0.2, 0.25) is 0 Å². The summed E-state index contributed by atoms with van der Waals surface area (Å²) in [6, 6.07) is 9.51. The van der Waals surface area contributed by atoms with Crippen molar-refractivity contribution in [1.82, 2.24) is 0 Å². The maximum absolute atomic E-state index is 12.8. The van der Waals surface area contributed by atoms with Gasteiger partial charge in [0.1, 0.15) is 12.2 Å². The summed E-state index contributed by atoms with van der Waals surface area (Å²) in [6.07, 6.45) is 2.60. The molecule has 0 spiro atoms. The van der Waals surface area contributed by atoms with E-state index in [4.69, 9.17) is 9.47 Å². The maximum Gasteiger partial charge on any atom is 0.310 e. The van der Waals surface area contributed by atoms with Gasteiger partial charge in [0.25, 0.3) is 0 Å². The first-order valence-corrected chi connectivity index (χ1v) is 9.18. The van der Waals surface area contributed by atoms with E-state index in [-0.39, 0.29) is 24.5 Å². The Morgan fingerprint density at radius 2 is 1.69 bits per heavy atom. The second kappa shape index (κ2) is 10.1. The van der Waals surface area contributed by atoms with E-state index in [1.165, 1.54) is 0 Å². The van der Waals surface area contributed by atoms with Crippen LogP contribution in [-0.2, 0) is 25.7 Å². The van der Waals surface area contributed by atoms with Crippen molar-refractivity contribution in [3.8, 4) is 0 Å². The summed E-state index contributed by atoms with van der Waals surface area (Å²) in [5.74, 6) is -1.62. The normalized spacial score (nSPS) is 13.8. The van der Waals surface area contributed by atoms with Crippen LogP contribution in [0.4, 0.5) is 0 Å². The highest BCUT2D eigenvalue weighted by atomic mass is 16.6. The quantitative estimate of drug-likeness (QED) is 0.463. The Kier molecular flexibility index (Phi) is 8.56. The van der Waals surface area contributed by atoms with Gasteiger partial charge in [-0.2, -0.15) is 0 Å². The molecule has 0 bridgehead atoms. The Morgan fingerprint density at radius 3 is 2.19 bits per heavy atom. The number of rotatable bonds is 9. The van der Waals surface area contributed by atoms with Crippen LogP contribution >= 0.6 is 0 Å². The van der Waals surface area contributed by atoms with E-state index in [1.807, 2.05) is 65.0 Å². The van der Waals surface area contributed by atoms with Gasteiger partial charge in [-0.1, -0.05) is 50.3 Å². The van der Waals surface area contributed by atoms with Gasteiger partial charge in [0, 0.05) is 0 Å². The lowest BCUT2D eigenvalue weighted by Gasteiger charge is -2.28. The van der Waals surface area contributed by atoms with Crippen LogP contribution in [0, 0.1) is 17.8 Å². The Bertz CT molecular complexity index is 584. The molecule has 0 radical (unpaired) electrons. The summed E-state index contributed by atoms with van der Waals surface area (Å²) in [6.45, 7) is 13.4. The lowest BCUT2D eigenvalue weighted by atomic mass is 9.83. The largest absolute Gasteiger partial charge is 0.461 e. The van der Waals surface area contributed by atoms with Crippen molar-refractivity contribution < 1.29 is 19.1 Å². The second-order valence-electron chi connectivity index (χ2n) is 7.99. The predicted molar refractivity (Wildman–Crippen MR) is 103 cm³/mol. The van der Waals surface area contributed by atoms with Gasteiger partial charge >= 0.3 is 11.9 Å². The lowest BCUT2D eigenvalue weighted by Crippen LogP contribution is -2.36. The molecule has 4 heteroatoms. The molecule has 4 nitrogen and oxygen atoms in total. The van der Waals surface area contributed by atoms with Crippen molar-refractivity contribution in [1.29, 1.82) is 0 Å². The van der Waals surface area contributed by atoms with Crippen LogP contribution in [0.1, 0.15) is 53.0 Å². The molecule has 0 aliphatic carbocycles. The van der Waals surface area contributed by atoms with Gasteiger partial charge in [-0.15, -0.1) is 6.58 Å². The summed E-state index contributed by atoms with van der Waals surface area (Å²) >= 11 is 0. The minimum absolute atomic E-state index is 0.198. The fourth-order valence-corrected chi connectivity index (χ4v) is 2.75. The third kappa shape index (κ3) is 7.85. The zero-order chi connectivity index (χ0) is 19.7. The standard InChI is InChI=1S/C22H32O4/c1-7-11-18(21(24)26-22(4,5)6)19(14-16(2)3)20(23)25-15-17-12-9-8-10-13-17/h7-10,12-13,16,18-19H,1,11,14-15H2,2-6H3/t18-,19+/m0/s1. The number of hydrogen-bond donors (Lipinski definition) is 0. The average Bonchev–Trinajstić information content (AvgIpc) is 2.55. The van der Waals surface area contributed by atoms with Gasteiger partial charge in [-0.05, 0) is 45.1 Å². The number of esters is 2. The zero-order valence-electron chi connectivity index (χ0n) is 16.7. The Labute approximate surface area is 157 Å². The Morgan fingerprint density at radius 1 is 1.08 bits per heavy atom. The van der Waals surface area contributed by atoms with Gasteiger partial charge in [0.2, 0.25) is 0 Å². The number of hydrogen-bond acceptors (Lipinski definition) is 4. The van der Waals surface area contributed by atoms with Crippen LogP contribution in [0.5, 0.6) is 0 Å². The Balaban J connectivity index is 2.93. The van der Waals surface area contributed by atoms with E-state index in [0.717, 1.165) is 5.56 Å². The van der Waals surface area contributed by atoms with Crippen molar-refractivity contribution in [2.45, 2.75) is 59.7 Å². The summed E-state index contributed by atoms with van der Waals surface area (Å²) in [5.41, 5.74) is 0.314. The van der Waals surface area contributed by atoms with Gasteiger partial charge in [0.05, 0.1) is 11.8 Å². The molecule has 0 aliphatic rings. The minimum atomic E-state index is -0.604. The van der Waals surface area contributed by atoms with Crippen LogP contribution in [-0.4, -0.2) is 17.5 Å². The minimum Gasteiger partial charge on any atom is -0.461 e. The van der Waals surface area contributed by atoms with Gasteiger partial charge < -0.3 is 9.47 Å². The van der Waals surface area contributed by atoms with Crippen molar-refractivity contribution in [3.63, 3.8) is 0 Å². The predicted octanol–water partition coefficient (Wildman–Crippen LogP) is 4.93. The molecule has 0 aliphatic heterocycles. The third-order valence-electron chi connectivity index (χ3n) is 3.87. The smallest absolute Gasteiger partial charge is 0.310 e. The molecule has 0 amide bonds. The SMILES string of the molecule is C=CC[C@H](C(=O)OC(C)(C)C)[C@@H](CC(C)C)C(=O)OCc1ccccc1. The monoisotopic (exact) mass is 360 g/mol. The highest BCUT2D eigenvalue weighted by Crippen LogP contribution is 2.28. The molecule has 2 atom stereocenters. The van der Waals surface area contributed by atoms with E-state index < -0.39 is 17.4 Å². The molecule has 1 aromatic rings. The van der Waals surface area contributed by atoms with Gasteiger partial charge in [-0.25, -0.2) is 0 Å². The van der Waals surface area contributed by atoms with Crippen molar-refractivity contribution in [3.05, 3.63) is 48.6 Å². The van der Waals surface area contributed by atoms with E-state index in [1.54, 1.807) is 6.08 Å². The first kappa shape index (κ1) is 21.9. The molecule has 0 unspecified atom stereocenters. The number of benzene rings is 1. The molecule has 0 saturated carbocycles. The maximum atomic E-state index is 12.8. The topological polar surface area (TPSA) is 52.6 Å². The van der Waals surface area contributed by atoms with E-state index in [9.17, 15) is 9.59 Å². The molecule has 26 heavy (non-hydrogen) atoms. The first-order chi connectivity index (χ1) is 12.1. The molecule has 1 aromatic carbocycles. The molecule has 0 saturated heterocycles. The molecule has 0 fully saturated rings. The average molecular weight is 360 g/mol. The molecule has 0 N–H and O–H groups in total. The molecule has 0 aromatic heterocycles. The van der Waals surface area contributed by atoms with Crippen molar-refractivity contribution >= 4 is 11.9 Å². The second-order valence-corrected chi connectivity index (χ2v) is 7.99. The lowest BCUT2D eigenvalue weighted by molar-refractivity contribution is -0.169. The fourth-order valence-electron chi connectivity index (χ4n) is 2.75. The highest BCUT2D eigenvalue weighted by Gasteiger charge is 2.37. The summed E-state index contributed by atoms with van der Waals surface area (Å²) in [5, 5.41) is 0. The molecular weight excluding hydrogens is 328 g/mol. The summed E-state index contributed by atoms with van der Waals surface area (Å²) in [7, 11) is 0. The van der Waals surface area contributed by atoms with E-state index >= 15 is 0 Å². The van der Waals surface area contributed by atoms with Gasteiger partial charge in [-0.3, -0.25) is 9.59 Å². The zero-order valence-corrected chi connectivity index (χ0v) is 16.7. The van der Waals surface area contributed by atoms with Crippen LogP contribution in [0.15, 0.2) is 43.0 Å². The first-order valence-electron chi connectivity index (χ1n) is 9.18. The van der Waals surface area contributed by atoms with E-state index in [2.05, 4.69) is 6.58 Å². The van der Waals surface area contributed by atoms with Crippen LogP contribution in [0.25, 0.3) is 0 Å². The molecule has 1 rings (SSSR count). The molecule has 144 valence electrons. The number of ether oxygens (including phenoxy) is 2. The fraction of sp³-hybridized carbons (Fsp3) is 0.545. The third-order valence-corrected chi connectivity index (χ3v) is 3.87. The number of carbonyl (C=O) groups excluding carboxylic acids is 2. The highest BCUT2D eigenvalue weighted by molar-refractivity contribution is 5.82. The summed E-state index contributed by atoms with van der Waals surface area (Å²) in [4.78, 5) is 25.4. The number of carbonyl (C=O) groups is 2. The van der Waals surface area contributed by atoms with Crippen LogP contribution in [0.3, 0.4) is 0 Å². The Hall–Kier alpha value is -2.10.